The van der Waals surface area contributed by atoms with Gasteiger partial charge in [-0.3, -0.25) is 4.18 Å². The fourth-order valence-electron chi connectivity index (χ4n) is 2.50. The van der Waals surface area contributed by atoms with Gasteiger partial charge < -0.3 is 0 Å². The number of rotatable bonds is 6. The van der Waals surface area contributed by atoms with Gasteiger partial charge >= 0.3 is 0 Å². The molecule has 0 aliphatic heterocycles. The average molecular weight is 315 g/mol. The molecule has 0 aromatic heterocycles. The van der Waals surface area contributed by atoms with E-state index in [0.717, 1.165) is 11.6 Å². The third kappa shape index (κ3) is 5.77. The van der Waals surface area contributed by atoms with Crippen LogP contribution in [-0.4, -0.2) is 23.1 Å². The number of benzene rings is 1. The second-order valence-corrected chi connectivity index (χ2v) is 14.5. The molecule has 20 heavy (non-hydrogen) atoms. The van der Waals surface area contributed by atoms with Crippen molar-refractivity contribution in [2.45, 2.75) is 51.4 Å². The summed E-state index contributed by atoms with van der Waals surface area (Å²) in [6, 6.07) is 7.78. The molecule has 0 aliphatic carbocycles. The highest BCUT2D eigenvalue weighted by atomic mass is 32.2. The molecule has 114 valence electrons. The van der Waals surface area contributed by atoms with Crippen LogP contribution in [0.1, 0.15) is 19.4 Å². The maximum atomic E-state index is 12.1. The standard InChI is InChI=1S/C15H26O3SSi/c1-13-7-9-14(10-8-13)19(16,17)18-11-15(2,3)12-20(4,5)6/h7-10H,11-12H2,1-6H3. The summed E-state index contributed by atoms with van der Waals surface area (Å²) in [5.41, 5.74) is 0.908. The molecular formula is C15H26O3SSi. The van der Waals surface area contributed by atoms with Crippen molar-refractivity contribution in [3.63, 3.8) is 0 Å². The van der Waals surface area contributed by atoms with Gasteiger partial charge in [0.15, 0.2) is 0 Å². The Bertz CT molecular complexity index is 539. The Morgan fingerprint density at radius 1 is 1.10 bits per heavy atom. The van der Waals surface area contributed by atoms with E-state index in [1.54, 1.807) is 24.3 Å². The van der Waals surface area contributed by atoms with Crippen LogP contribution in [0, 0.1) is 12.3 Å². The zero-order valence-corrected chi connectivity index (χ0v) is 15.2. The van der Waals surface area contributed by atoms with Crippen molar-refractivity contribution in [3.8, 4) is 0 Å². The van der Waals surface area contributed by atoms with Crippen LogP contribution >= 0.6 is 0 Å². The van der Waals surface area contributed by atoms with E-state index < -0.39 is 18.2 Å². The minimum absolute atomic E-state index is 0.123. The van der Waals surface area contributed by atoms with Crippen LogP contribution in [-0.2, 0) is 14.3 Å². The van der Waals surface area contributed by atoms with E-state index in [9.17, 15) is 8.42 Å². The summed E-state index contributed by atoms with van der Waals surface area (Å²) in [7, 11) is -4.90. The van der Waals surface area contributed by atoms with E-state index in [0.29, 0.717) is 0 Å². The predicted molar refractivity (Wildman–Crippen MR) is 86.3 cm³/mol. The van der Waals surface area contributed by atoms with E-state index in [-0.39, 0.29) is 16.9 Å². The molecule has 0 spiro atoms. The topological polar surface area (TPSA) is 43.4 Å². The second-order valence-electron chi connectivity index (χ2n) is 7.43. The highest BCUT2D eigenvalue weighted by Crippen LogP contribution is 2.30. The highest BCUT2D eigenvalue weighted by molar-refractivity contribution is 7.86. The van der Waals surface area contributed by atoms with Gasteiger partial charge in [-0.1, -0.05) is 57.2 Å². The molecule has 0 radical (unpaired) electrons. The van der Waals surface area contributed by atoms with Gasteiger partial charge in [-0.05, 0) is 24.5 Å². The van der Waals surface area contributed by atoms with Gasteiger partial charge in [0.05, 0.1) is 11.5 Å². The van der Waals surface area contributed by atoms with Gasteiger partial charge in [0, 0.05) is 8.07 Å². The van der Waals surface area contributed by atoms with E-state index >= 15 is 0 Å². The Kier molecular flexibility index (Phi) is 5.22. The molecule has 0 N–H and O–H groups in total. The normalized spacial score (nSPS) is 13.5. The highest BCUT2D eigenvalue weighted by Gasteiger charge is 2.29. The molecule has 0 heterocycles. The van der Waals surface area contributed by atoms with Crippen molar-refractivity contribution in [1.82, 2.24) is 0 Å². The molecule has 0 unspecified atom stereocenters. The Labute approximate surface area is 124 Å². The van der Waals surface area contributed by atoms with Crippen LogP contribution in [0.15, 0.2) is 29.2 Å². The Balaban J connectivity index is 2.75. The van der Waals surface area contributed by atoms with Crippen molar-refractivity contribution in [3.05, 3.63) is 29.8 Å². The van der Waals surface area contributed by atoms with Crippen molar-refractivity contribution in [2.24, 2.45) is 5.41 Å². The van der Waals surface area contributed by atoms with Gasteiger partial charge in [0.25, 0.3) is 10.1 Å². The molecule has 0 amide bonds. The lowest BCUT2D eigenvalue weighted by atomic mass is 9.98. The van der Waals surface area contributed by atoms with Crippen LogP contribution in [0.25, 0.3) is 0 Å². The first-order valence-electron chi connectivity index (χ1n) is 6.87. The zero-order chi connectivity index (χ0) is 15.6. The first-order chi connectivity index (χ1) is 8.91. The van der Waals surface area contributed by atoms with Crippen molar-refractivity contribution >= 4 is 18.2 Å². The fraction of sp³-hybridized carbons (Fsp3) is 0.600. The monoisotopic (exact) mass is 314 g/mol. The molecule has 0 bridgehead atoms. The third-order valence-electron chi connectivity index (χ3n) is 2.92. The first kappa shape index (κ1) is 17.4. The van der Waals surface area contributed by atoms with Gasteiger partial charge in [0.1, 0.15) is 0 Å². The van der Waals surface area contributed by atoms with Crippen molar-refractivity contribution in [1.29, 1.82) is 0 Å². The van der Waals surface area contributed by atoms with Crippen LogP contribution in [0.5, 0.6) is 0 Å². The van der Waals surface area contributed by atoms with E-state index in [1.807, 2.05) is 6.92 Å². The predicted octanol–water partition coefficient (Wildman–Crippen LogP) is 4.06. The number of aryl methyl sites for hydroxylation is 1. The lowest BCUT2D eigenvalue weighted by Crippen LogP contribution is -2.32. The van der Waals surface area contributed by atoms with Gasteiger partial charge in [-0.25, -0.2) is 0 Å². The molecule has 3 nitrogen and oxygen atoms in total. The van der Waals surface area contributed by atoms with E-state index in [2.05, 4.69) is 33.5 Å². The molecule has 1 aromatic carbocycles. The molecule has 0 saturated heterocycles. The number of hydrogen-bond donors (Lipinski definition) is 0. The Morgan fingerprint density at radius 2 is 1.60 bits per heavy atom. The Morgan fingerprint density at radius 3 is 2.05 bits per heavy atom. The second kappa shape index (κ2) is 5.99. The SMILES string of the molecule is Cc1ccc(S(=O)(=O)OCC(C)(C)C[Si](C)(C)C)cc1. The summed E-state index contributed by atoms with van der Waals surface area (Å²) in [6.45, 7) is 13.1. The fourth-order valence-corrected chi connectivity index (χ4v) is 6.55. The molecular weight excluding hydrogens is 288 g/mol. The van der Waals surface area contributed by atoms with E-state index in [1.165, 1.54) is 0 Å². The lowest BCUT2D eigenvalue weighted by molar-refractivity contribution is 0.202. The van der Waals surface area contributed by atoms with Gasteiger partial charge in [-0.2, -0.15) is 8.42 Å². The van der Waals surface area contributed by atoms with Crippen molar-refractivity contribution in [2.75, 3.05) is 6.61 Å². The molecule has 0 aliphatic rings. The number of hydrogen-bond acceptors (Lipinski definition) is 3. The molecule has 0 atom stereocenters. The van der Waals surface area contributed by atoms with Crippen molar-refractivity contribution < 1.29 is 12.6 Å². The summed E-state index contributed by atoms with van der Waals surface area (Å²) in [5.74, 6) is 0. The lowest BCUT2D eigenvalue weighted by Gasteiger charge is -2.30. The Hall–Kier alpha value is -0.653. The minimum atomic E-state index is -3.65. The van der Waals surface area contributed by atoms with Gasteiger partial charge in [-0.15, -0.1) is 0 Å². The third-order valence-corrected chi connectivity index (χ3v) is 6.22. The van der Waals surface area contributed by atoms with Gasteiger partial charge in [0.2, 0.25) is 0 Å². The maximum absolute atomic E-state index is 12.1. The molecule has 0 saturated carbocycles. The zero-order valence-electron chi connectivity index (χ0n) is 13.4. The smallest absolute Gasteiger partial charge is 0.266 e. The average Bonchev–Trinajstić information content (AvgIpc) is 2.24. The quantitative estimate of drug-likeness (QED) is 0.587. The van der Waals surface area contributed by atoms with Crippen LogP contribution < -0.4 is 0 Å². The first-order valence-corrected chi connectivity index (χ1v) is 12.0. The molecule has 0 fully saturated rings. The summed E-state index contributed by atoms with van der Waals surface area (Å²) < 4.78 is 29.6. The van der Waals surface area contributed by atoms with Crippen LogP contribution in [0.2, 0.25) is 25.7 Å². The summed E-state index contributed by atoms with van der Waals surface area (Å²) in [5, 5.41) is 0. The minimum Gasteiger partial charge on any atom is -0.266 e. The maximum Gasteiger partial charge on any atom is 0.296 e. The van der Waals surface area contributed by atoms with Crippen LogP contribution in [0.4, 0.5) is 0 Å². The van der Waals surface area contributed by atoms with E-state index in [4.69, 9.17) is 4.18 Å². The van der Waals surface area contributed by atoms with Crippen LogP contribution in [0.3, 0.4) is 0 Å². The summed E-state index contributed by atoms with van der Waals surface area (Å²) >= 11 is 0. The summed E-state index contributed by atoms with van der Waals surface area (Å²) in [4.78, 5) is 0.229. The largest absolute Gasteiger partial charge is 0.296 e. The molecule has 1 aromatic rings. The molecule has 5 heteroatoms. The summed E-state index contributed by atoms with van der Waals surface area (Å²) in [6.07, 6.45) is 0. The molecule has 1 rings (SSSR count).